The molecule has 1 amide bonds. The average Bonchev–Trinajstić information content (AvgIpc) is 3.11. The van der Waals surface area contributed by atoms with Crippen molar-refractivity contribution >= 4 is 11.9 Å². The van der Waals surface area contributed by atoms with Gasteiger partial charge in [0.2, 0.25) is 5.91 Å². The van der Waals surface area contributed by atoms with Crippen LogP contribution in [0.5, 0.6) is 0 Å². The molecule has 0 spiro atoms. The molecule has 2 aromatic heterocycles. The number of carbonyl (C=O) groups excluding carboxylic acids is 1. The molecule has 2 heterocycles. The maximum Gasteiger partial charge on any atom is 0.322 e. The molecule has 1 N–H and O–H groups in total. The van der Waals surface area contributed by atoms with Crippen LogP contribution in [0, 0.1) is 13.8 Å². The van der Waals surface area contributed by atoms with Crippen LogP contribution in [0.4, 0.5) is 6.01 Å². The lowest BCUT2D eigenvalue weighted by Gasteiger charge is -2.06. The Morgan fingerprint density at radius 1 is 1.26 bits per heavy atom. The van der Waals surface area contributed by atoms with Crippen LogP contribution in [-0.2, 0) is 18.3 Å². The number of aryl methyl sites for hydroxylation is 3. The maximum absolute atomic E-state index is 12.1. The third-order valence-electron chi connectivity index (χ3n) is 3.45. The molecule has 0 unspecified atom stereocenters. The zero-order valence-corrected chi connectivity index (χ0v) is 13.2. The Balaban J connectivity index is 1.67. The van der Waals surface area contributed by atoms with Crippen molar-refractivity contribution in [2.75, 3.05) is 5.32 Å². The molecule has 0 radical (unpaired) electrons. The SMILES string of the molecule is Cc1ccc(CC(=O)Nc2nnc(-c3ccn(C)n3)o2)c(C)c1. The van der Waals surface area contributed by atoms with Gasteiger partial charge in [0.25, 0.3) is 5.89 Å². The van der Waals surface area contributed by atoms with Gasteiger partial charge in [-0.3, -0.25) is 14.8 Å². The number of aromatic nitrogens is 4. The van der Waals surface area contributed by atoms with Crippen LogP contribution in [0.2, 0.25) is 0 Å². The molecular weight excluding hydrogens is 294 g/mol. The van der Waals surface area contributed by atoms with E-state index < -0.39 is 0 Å². The number of anilines is 1. The minimum Gasteiger partial charge on any atom is -0.401 e. The van der Waals surface area contributed by atoms with Crippen molar-refractivity contribution in [3.05, 3.63) is 47.2 Å². The molecule has 0 aliphatic rings. The van der Waals surface area contributed by atoms with Crippen LogP contribution in [0.3, 0.4) is 0 Å². The van der Waals surface area contributed by atoms with Crippen LogP contribution in [0.25, 0.3) is 11.6 Å². The van der Waals surface area contributed by atoms with Crippen LogP contribution in [0.1, 0.15) is 16.7 Å². The molecule has 118 valence electrons. The van der Waals surface area contributed by atoms with E-state index in [2.05, 4.69) is 26.7 Å². The molecule has 3 rings (SSSR count). The van der Waals surface area contributed by atoms with Crippen molar-refractivity contribution in [1.82, 2.24) is 20.0 Å². The number of nitrogens with zero attached hydrogens (tertiary/aromatic N) is 4. The van der Waals surface area contributed by atoms with Crippen molar-refractivity contribution in [2.45, 2.75) is 20.3 Å². The normalized spacial score (nSPS) is 10.7. The van der Waals surface area contributed by atoms with E-state index in [-0.39, 0.29) is 24.2 Å². The Bertz CT molecular complexity index is 850. The summed E-state index contributed by atoms with van der Waals surface area (Å²) < 4.78 is 7.05. The highest BCUT2D eigenvalue weighted by atomic mass is 16.4. The maximum atomic E-state index is 12.1. The van der Waals surface area contributed by atoms with Crippen molar-refractivity contribution < 1.29 is 9.21 Å². The number of hydrogen-bond acceptors (Lipinski definition) is 5. The van der Waals surface area contributed by atoms with E-state index in [4.69, 9.17) is 4.42 Å². The Morgan fingerprint density at radius 3 is 2.78 bits per heavy atom. The summed E-state index contributed by atoms with van der Waals surface area (Å²) >= 11 is 0. The summed E-state index contributed by atoms with van der Waals surface area (Å²) in [6.07, 6.45) is 2.03. The molecular formula is C16H17N5O2. The highest BCUT2D eigenvalue weighted by Gasteiger charge is 2.14. The summed E-state index contributed by atoms with van der Waals surface area (Å²) in [5.41, 5.74) is 3.79. The Hall–Kier alpha value is -2.96. The minimum absolute atomic E-state index is 0.0698. The van der Waals surface area contributed by atoms with Crippen LogP contribution in [-0.4, -0.2) is 25.9 Å². The summed E-state index contributed by atoms with van der Waals surface area (Å²) in [5, 5.41) is 14.5. The van der Waals surface area contributed by atoms with Gasteiger partial charge >= 0.3 is 6.01 Å². The Kier molecular flexibility index (Phi) is 3.92. The van der Waals surface area contributed by atoms with Crippen molar-refractivity contribution in [3.8, 4) is 11.6 Å². The topological polar surface area (TPSA) is 85.8 Å². The van der Waals surface area contributed by atoms with Gasteiger partial charge in [0.05, 0.1) is 6.42 Å². The van der Waals surface area contributed by atoms with E-state index in [0.29, 0.717) is 5.69 Å². The van der Waals surface area contributed by atoms with Gasteiger partial charge in [0.15, 0.2) is 0 Å². The van der Waals surface area contributed by atoms with Gasteiger partial charge in [0, 0.05) is 13.2 Å². The lowest BCUT2D eigenvalue weighted by atomic mass is 10.0. The van der Waals surface area contributed by atoms with Crippen LogP contribution >= 0.6 is 0 Å². The monoisotopic (exact) mass is 311 g/mol. The predicted octanol–water partition coefficient (Wildman–Crippen LogP) is 2.27. The highest BCUT2D eigenvalue weighted by Crippen LogP contribution is 2.18. The standard InChI is InChI=1S/C16H17N5O2/c1-10-4-5-12(11(2)8-10)9-14(22)17-16-19-18-15(23-16)13-6-7-21(3)20-13/h4-8H,9H2,1-3H3,(H,17,19,22). The van der Waals surface area contributed by atoms with Crippen molar-refractivity contribution in [1.29, 1.82) is 0 Å². The van der Waals surface area contributed by atoms with Gasteiger partial charge in [-0.15, -0.1) is 5.10 Å². The third-order valence-corrected chi connectivity index (χ3v) is 3.45. The molecule has 0 saturated heterocycles. The Morgan fingerprint density at radius 2 is 2.09 bits per heavy atom. The quantitative estimate of drug-likeness (QED) is 0.799. The van der Waals surface area contributed by atoms with E-state index in [1.807, 2.05) is 26.0 Å². The highest BCUT2D eigenvalue weighted by molar-refractivity contribution is 5.90. The largest absolute Gasteiger partial charge is 0.401 e. The van der Waals surface area contributed by atoms with E-state index in [0.717, 1.165) is 11.1 Å². The van der Waals surface area contributed by atoms with Gasteiger partial charge < -0.3 is 4.42 Å². The van der Waals surface area contributed by atoms with Gasteiger partial charge in [-0.05, 0) is 31.0 Å². The predicted molar refractivity (Wildman–Crippen MR) is 84.7 cm³/mol. The molecule has 0 aliphatic heterocycles. The lowest BCUT2D eigenvalue weighted by Crippen LogP contribution is -2.15. The van der Waals surface area contributed by atoms with Gasteiger partial charge in [-0.2, -0.15) is 5.10 Å². The second-order valence-electron chi connectivity index (χ2n) is 5.44. The van der Waals surface area contributed by atoms with E-state index >= 15 is 0 Å². The number of nitrogens with one attached hydrogen (secondary N) is 1. The lowest BCUT2D eigenvalue weighted by molar-refractivity contribution is -0.115. The number of carbonyl (C=O) groups is 1. The molecule has 0 bridgehead atoms. The fourth-order valence-electron chi connectivity index (χ4n) is 2.29. The molecule has 0 saturated carbocycles. The van der Waals surface area contributed by atoms with Crippen molar-refractivity contribution in [2.24, 2.45) is 7.05 Å². The van der Waals surface area contributed by atoms with E-state index in [1.54, 1.807) is 24.0 Å². The smallest absolute Gasteiger partial charge is 0.322 e. The number of amides is 1. The molecule has 0 fully saturated rings. The third kappa shape index (κ3) is 3.45. The van der Waals surface area contributed by atoms with Crippen LogP contribution in [0.15, 0.2) is 34.9 Å². The summed E-state index contributed by atoms with van der Waals surface area (Å²) in [6, 6.07) is 7.82. The minimum atomic E-state index is -0.201. The van der Waals surface area contributed by atoms with Crippen LogP contribution < -0.4 is 5.32 Å². The van der Waals surface area contributed by atoms with Gasteiger partial charge in [-0.1, -0.05) is 28.9 Å². The van der Waals surface area contributed by atoms with Gasteiger partial charge in [-0.25, -0.2) is 0 Å². The summed E-state index contributed by atoms with van der Waals surface area (Å²) in [4.78, 5) is 12.1. The number of rotatable bonds is 4. The molecule has 0 aliphatic carbocycles. The molecule has 23 heavy (non-hydrogen) atoms. The fourth-order valence-corrected chi connectivity index (χ4v) is 2.29. The zero-order chi connectivity index (χ0) is 16.4. The second-order valence-corrected chi connectivity index (χ2v) is 5.44. The van der Waals surface area contributed by atoms with E-state index in [9.17, 15) is 4.79 Å². The molecule has 7 nitrogen and oxygen atoms in total. The Labute approximate surface area is 133 Å². The average molecular weight is 311 g/mol. The van der Waals surface area contributed by atoms with E-state index in [1.165, 1.54) is 5.56 Å². The van der Waals surface area contributed by atoms with Crippen molar-refractivity contribution in [3.63, 3.8) is 0 Å². The zero-order valence-electron chi connectivity index (χ0n) is 13.2. The molecule has 7 heteroatoms. The summed E-state index contributed by atoms with van der Waals surface area (Å²) in [5.74, 6) is 0.0700. The molecule has 0 atom stereocenters. The summed E-state index contributed by atoms with van der Waals surface area (Å²) in [7, 11) is 1.80. The second kappa shape index (κ2) is 6.04. The van der Waals surface area contributed by atoms with Gasteiger partial charge in [0.1, 0.15) is 5.69 Å². The molecule has 1 aromatic carbocycles. The first-order chi connectivity index (χ1) is 11.0. The number of hydrogen-bond donors (Lipinski definition) is 1. The first-order valence-corrected chi connectivity index (χ1v) is 7.21. The first kappa shape index (κ1) is 15.0. The first-order valence-electron chi connectivity index (χ1n) is 7.21. The number of benzene rings is 1. The fraction of sp³-hybridized carbons (Fsp3) is 0.250. The molecule has 3 aromatic rings. The summed E-state index contributed by atoms with van der Waals surface area (Å²) in [6.45, 7) is 4.01.